The van der Waals surface area contributed by atoms with Crippen LogP contribution in [0.3, 0.4) is 0 Å². The van der Waals surface area contributed by atoms with Crippen molar-refractivity contribution in [2.75, 3.05) is 12.4 Å². The molecule has 0 fully saturated rings. The average Bonchev–Trinajstić information content (AvgIpc) is 3.25. The molecular formula is C27H31N3O5. The van der Waals surface area contributed by atoms with Crippen molar-refractivity contribution in [1.29, 1.82) is 0 Å². The van der Waals surface area contributed by atoms with E-state index in [-0.39, 0.29) is 11.8 Å². The number of aryl methyl sites for hydroxylation is 2. The number of benzene rings is 2. The standard InChI is InChI=1S/C27H31N3O5/c1-6-30-16-23(26(29-30)27(32)35-18(2)3)28-25(31)14-10-20-9-13-24(33-5)21(15-20)17-34-22-11-7-19(4)8-12-22/h7-16,18H,6,17H2,1-5H3,(H,28,31)/b14-10+. The van der Waals surface area contributed by atoms with Gasteiger partial charge in [0.05, 0.1) is 18.9 Å². The fraction of sp³-hybridized carbons (Fsp3) is 0.296. The molecule has 1 amide bonds. The van der Waals surface area contributed by atoms with E-state index in [4.69, 9.17) is 14.2 Å². The Labute approximate surface area is 205 Å². The summed E-state index contributed by atoms with van der Waals surface area (Å²) in [5.41, 5.74) is 3.17. The SMILES string of the molecule is CCn1cc(NC(=O)/C=C/c2ccc(OC)c(COc3ccc(C)cc3)c2)c(C(=O)OC(C)C)n1. The van der Waals surface area contributed by atoms with E-state index in [9.17, 15) is 9.59 Å². The zero-order chi connectivity index (χ0) is 25.4. The summed E-state index contributed by atoms with van der Waals surface area (Å²) >= 11 is 0. The van der Waals surface area contributed by atoms with Gasteiger partial charge in [0.15, 0.2) is 5.69 Å². The van der Waals surface area contributed by atoms with Crippen LogP contribution in [0.2, 0.25) is 0 Å². The third-order valence-electron chi connectivity index (χ3n) is 5.03. The van der Waals surface area contributed by atoms with Gasteiger partial charge in [-0.1, -0.05) is 23.8 Å². The molecule has 0 spiro atoms. The maximum Gasteiger partial charge on any atom is 0.361 e. The molecule has 35 heavy (non-hydrogen) atoms. The van der Waals surface area contributed by atoms with E-state index < -0.39 is 11.9 Å². The first-order valence-corrected chi connectivity index (χ1v) is 11.4. The Bertz CT molecular complexity index is 1200. The maximum absolute atomic E-state index is 12.6. The van der Waals surface area contributed by atoms with Gasteiger partial charge in [-0.25, -0.2) is 4.79 Å². The highest BCUT2D eigenvalue weighted by molar-refractivity contribution is 6.05. The van der Waals surface area contributed by atoms with Crippen molar-refractivity contribution in [2.45, 2.75) is 47.0 Å². The van der Waals surface area contributed by atoms with E-state index in [1.807, 2.05) is 56.3 Å². The fourth-order valence-corrected chi connectivity index (χ4v) is 3.25. The minimum absolute atomic E-state index is 0.0716. The second-order valence-electron chi connectivity index (χ2n) is 8.20. The van der Waals surface area contributed by atoms with Crippen LogP contribution in [0.4, 0.5) is 5.69 Å². The Balaban J connectivity index is 1.71. The van der Waals surface area contributed by atoms with Crippen molar-refractivity contribution >= 4 is 23.6 Å². The minimum atomic E-state index is -0.583. The first-order valence-electron chi connectivity index (χ1n) is 11.4. The van der Waals surface area contributed by atoms with E-state index in [2.05, 4.69) is 10.4 Å². The lowest BCUT2D eigenvalue weighted by molar-refractivity contribution is -0.111. The summed E-state index contributed by atoms with van der Waals surface area (Å²) in [5, 5.41) is 6.93. The third kappa shape index (κ3) is 7.20. The largest absolute Gasteiger partial charge is 0.496 e. The highest BCUT2D eigenvalue weighted by Gasteiger charge is 2.20. The molecule has 184 valence electrons. The van der Waals surface area contributed by atoms with Gasteiger partial charge < -0.3 is 19.5 Å². The Morgan fingerprint density at radius 2 is 1.89 bits per heavy atom. The molecule has 0 unspecified atom stereocenters. The predicted octanol–water partition coefficient (Wildman–Crippen LogP) is 5.02. The van der Waals surface area contributed by atoms with Gasteiger partial charge in [-0.05, 0) is 63.6 Å². The first kappa shape index (κ1) is 25.6. The summed E-state index contributed by atoms with van der Waals surface area (Å²) in [5.74, 6) is 0.476. The van der Waals surface area contributed by atoms with Gasteiger partial charge in [0, 0.05) is 24.4 Å². The number of rotatable bonds is 10. The van der Waals surface area contributed by atoms with Gasteiger partial charge in [-0.2, -0.15) is 5.10 Å². The maximum atomic E-state index is 12.6. The van der Waals surface area contributed by atoms with Crippen molar-refractivity contribution < 1.29 is 23.8 Å². The van der Waals surface area contributed by atoms with Gasteiger partial charge in [-0.3, -0.25) is 9.48 Å². The summed E-state index contributed by atoms with van der Waals surface area (Å²) in [7, 11) is 1.60. The number of carbonyl (C=O) groups is 2. The smallest absolute Gasteiger partial charge is 0.361 e. The number of methoxy groups -OCH3 is 1. The number of anilines is 1. The van der Waals surface area contributed by atoms with Gasteiger partial charge >= 0.3 is 5.97 Å². The number of nitrogens with zero attached hydrogens (tertiary/aromatic N) is 2. The third-order valence-corrected chi connectivity index (χ3v) is 5.03. The molecular weight excluding hydrogens is 446 g/mol. The monoisotopic (exact) mass is 477 g/mol. The van der Waals surface area contributed by atoms with Crippen LogP contribution in [0.25, 0.3) is 6.08 Å². The summed E-state index contributed by atoms with van der Waals surface area (Å²) < 4.78 is 18.1. The Morgan fingerprint density at radius 1 is 1.14 bits per heavy atom. The zero-order valence-electron chi connectivity index (χ0n) is 20.7. The highest BCUT2D eigenvalue weighted by Crippen LogP contribution is 2.23. The van der Waals surface area contributed by atoms with E-state index in [1.165, 1.54) is 6.08 Å². The topological polar surface area (TPSA) is 91.7 Å². The number of ether oxygens (including phenoxy) is 3. The minimum Gasteiger partial charge on any atom is -0.496 e. The van der Waals surface area contributed by atoms with Crippen LogP contribution in [-0.2, 0) is 22.7 Å². The van der Waals surface area contributed by atoms with Gasteiger partial charge in [-0.15, -0.1) is 0 Å². The van der Waals surface area contributed by atoms with E-state index >= 15 is 0 Å². The first-order chi connectivity index (χ1) is 16.8. The van der Waals surface area contributed by atoms with Crippen LogP contribution in [-0.4, -0.2) is 34.9 Å². The molecule has 8 nitrogen and oxygen atoms in total. The Morgan fingerprint density at radius 3 is 2.54 bits per heavy atom. The second kappa shape index (κ2) is 11.9. The molecule has 0 saturated heterocycles. The molecule has 1 N–H and O–H groups in total. The molecule has 3 rings (SSSR count). The molecule has 3 aromatic rings. The average molecular weight is 478 g/mol. The molecule has 0 aliphatic rings. The molecule has 0 bridgehead atoms. The van der Waals surface area contributed by atoms with Crippen LogP contribution in [0.1, 0.15) is 48.0 Å². The van der Waals surface area contributed by atoms with Crippen molar-refractivity contribution in [1.82, 2.24) is 9.78 Å². The number of esters is 1. The quantitative estimate of drug-likeness (QED) is 0.326. The molecule has 0 atom stereocenters. The molecule has 2 aromatic carbocycles. The molecule has 8 heteroatoms. The number of carbonyl (C=O) groups excluding carboxylic acids is 2. The van der Waals surface area contributed by atoms with Crippen LogP contribution in [0.15, 0.2) is 54.7 Å². The molecule has 0 aliphatic carbocycles. The summed E-state index contributed by atoms with van der Waals surface area (Å²) in [6.45, 7) is 8.28. The van der Waals surface area contributed by atoms with Crippen LogP contribution >= 0.6 is 0 Å². The molecule has 1 heterocycles. The van der Waals surface area contributed by atoms with Gasteiger partial charge in [0.1, 0.15) is 18.1 Å². The molecule has 0 saturated carbocycles. The van der Waals surface area contributed by atoms with E-state index in [1.54, 1.807) is 37.9 Å². The van der Waals surface area contributed by atoms with Crippen LogP contribution in [0, 0.1) is 6.92 Å². The molecule has 0 radical (unpaired) electrons. The summed E-state index contributed by atoms with van der Waals surface area (Å²) in [4.78, 5) is 24.9. The number of hydrogen-bond acceptors (Lipinski definition) is 6. The molecule has 1 aromatic heterocycles. The van der Waals surface area contributed by atoms with Crippen LogP contribution < -0.4 is 14.8 Å². The van der Waals surface area contributed by atoms with Crippen molar-refractivity contribution in [3.8, 4) is 11.5 Å². The van der Waals surface area contributed by atoms with Crippen LogP contribution in [0.5, 0.6) is 11.5 Å². The predicted molar refractivity (Wildman–Crippen MR) is 135 cm³/mol. The van der Waals surface area contributed by atoms with Crippen molar-refractivity contribution in [3.63, 3.8) is 0 Å². The van der Waals surface area contributed by atoms with Crippen molar-refractivity contribution in [3.05, 3.63) is 77.1 Å². The Kier molecular flexibility index (Phi) is 8.67. The molecule has 0 aliphatic heterocycles. The number of amides is 1. The van der Waals surface area contributed by atoms with Crippen molar-refractivity contribution in [2.24, 2.45) is 0 Å². The fourth-order valence-electron chi connectivity index (χ4n) is 3.25. The Hall–Kier alpha value is -4.07. The van der Waals surface area contributed by atoms with E-state index in [0.717, 1.165) is 22.4 Å². The lowest BCUT2D eigenvalue weighted by Crippen LogP contribution is -2.16. The number of aromatic nitrogens is 2. The second-order valence-corrected chi connectivity index (χ2v) is 8.20. The summed E-state index contributed by atoms with van der Waals surface area (Å²) in [6, 6.07) is 13.4. The lowest BCUT2D eigenvalue weighted by atomic mass is 10.1. The lowest BCUT2D eigenvalue weighted by Gasteiger charge is -2.11. The highest BCUT2D eigenvalue weighted by atomic mass is 16.5. The van der Waals surface area contributed by atoms with Gasteiger partial charge in [0.2, 0.25) is 5.91 Å². The summed E-state index contributed by atoms with van der Waals surface area (Å²) in [6.07, 6.45) is 4.39. The van der Waals surface area contributed by atoms with E-state index in [0.29, 0.717) is 24.6 Å². The zero-order valence-corrected chi connectivity index (χ0v) is 20.7. The number of nitrogens with one attached hydrogen (secondary N) is 1. The normalized spacial score (nSPS) is 11.0. The van der Waals surface area contributed by atoms with Gasteiger partial charge in [0.25, 0.3) is 0 Å². The number of hydrogen-bond donors (Lipinski definition) is 1.